The van der Waals surface area contributed by atoms with Gasteiger partial charge < -0.3 is 0 Å². The number of rotatable bonds is 4. The van der Waals surface area contributed by atoms with E-state index in [-0.39, 0.29) is 0 Å². The van der Waals surface area contributed by atoms with Crippen LogP contribution in [0.1, 0.15) is 0 Å². The number of hydrogen-bond donors (Lipinski definition) is 0. The van der Waals surface area contributed by atoms with E-state index >= 15 is 0 Å². The maximum atomic E-state index is 4.71. The van der Waals surface area contributed by atoms with Crippen molar-refractivity contribution < 1.29 is 0 Å². The number of hydrogen-bond acceptors (Lipinski definition) is 3. The number of aromatic nitrogens is 3. The predicted octanol–water partition coefficient (Wildman–Crippen LogP) is 10.9. The zero-order chi connectivity index (χ0) is 29.0. The van der Waals surface area contributed by atoms with E-state index in [9.17, 15) is 0 Å². The van der Waals surface area contributed by atoms with Crippen LogP contribution in [0, 0.1) is 0 Å². The van der Waals surface area contributed by atoms with Gasteiger partial charge in [0.15, 0.2) is 11.5 Å². The van der Waals surface area contributed by atoms with Crippen molar-refractivity contribution in [1.29, 1.82) is 0 Å². The van der Waals surface area contributed by atoms with Gasteiger partial charge >= 0.3 is 0 Å². The lowest BCUT2D eigenvalue weighted by atomic mass is 9.96. The van der Waals surface area contributed by atoms with Crippen LogP contribution in [0.15, 0.2) is 152 Å². The quantitative estimate of drug-likeness (QED) is 0.208. The van der Waals surface area contributed by atoms with Crippen molar-refractivity contribution in [3.63, 3.8) is 0 Å². The lowest BCUT2D eigenvalue weighted by Gasteiger charge is -2.12. The minimum Gasteiger partial charge on any atom is -0.281 e. The van der Waals surface area contributed by atoms with Crippen molar-refractivity contribution in [2.75, 3.05) is 0 Å². The third-order valence-corrected chi connectivity index (χ3v) is 9.77. The van der Waals surface area contributed by atoms with E-state index < -0.39 is 0 Å². The molecule has 0 amide bonds. The molecule has 206 valence electrons. The largest absolute Gasteiger partial charge is 0.281 e. The highest BCUT2D eigenvalue weighted by atomic mass is 32.1. The van der Waals surface area contributed by atoms with Gasteiger partial charge in [-0.3, -0.25) is 4.40 Å². The zero-order valence-corrected chi connectivity index (χ0v) is 24.5. The Bertz CT molecular complexity index is 2490. The molecule has 0 saturated heterocycles. The maximum Gasteiger partial charge on any atom is 0.169 e. The van der Waals surface area contributed by atoms with Gasteiger partial charge in [0, 0.05) is 42.9 Å². The Hall–Kier alpha value is -5.58. The van der Waals surface area contributed by atoms with Crippen LogP contribution in [0.3, 0.4) is 0 Å². The normalized spacial score (nSPS) is 11.6. The van der Waals surface area contributed by atoms with Gasteiger partial charge in [0.1, 0.15) is 0 Å². The summed E-state index contributed by atoms with van der Waals surface area (Å²) in [6.07, 6.45) is 2.20. The van der Waals surface area contributed by atoms with Crippen LogP contribution in [-0.2, 0) is 0 Å². The second-order valence-electron chi connectivity index (χ2n) is 11.1. The average molecular weight is 580 g/mol. The molecule has 0 spiro atoms. The highest BCUT2D eigenvalue weighted by molar-refractivity contribution is 7.26. The van der Waals surface area contributed by atoms with Crippen LogP contribution in [0.2, 0.25) is 0 Å². The SMILES string of the molecule is c1ccc(-c2cccc(-c3cn4c(-c5ccc(-c6cccc7c6sc6ccccc67)cc5)nnc4c4ccccc34)c2)cc1. The molecule has 0 fully saturated rings. The monoisotopic (exact) mass is 579 g/mol. The number of pyridine rings is 1. The van der Waals surface area contributed by atoms with Crippen LogP contribution in [-0.4, -0.2) is 14.6 Å². The highest BCUT2D eigenvalue weighted by Crippen LogP contribution is 2.40. The van der Waals surface area contributed by atoms with E-state index in [4.69, 9.17) is 5.10 Å². The molecule has 3 aromatic heterocycles. The first-order valence-electron chi connectivity index (χ1n) is 14.8. The maximum absolute atomic E-state index is 4.71. The molecular formula is C40H25N3S. The smallest absolute Gasteiger partial charge is 0.169 e. The minimum absolute atomic E-state index is 0.831. The van der Waals surface area contributed by atoms with Crippen LogP contribution in [0.5, 0.6) is 0 Å². The molecule has 0 N–H and O–H groups in total. The van der Waals surface area contributed by atoms with Crippen molar-refractivity contribution in [2.45, 2.75) is 0 Å². The summed E-state index contributed by atoms with van der Waals surface area (Å²) in [6.45, 7) is 0. The Morgan fingerprint density at radius 3 is 1.95 bits per heavy atom. The van der Waals surface area contributed by atoms with Crippen LogP contribution >= 0.6 is 11.3 Å². The Balaban J connectivity index is 1.17. The van der Waals surface area contributed by atoms with E-state index in [0.717, 1.165) is 38.9 Å². The Morgan fingerprint density at radius 2 is 1.09 bits per heavy atom. The molecule has 0 aliphatic rings. The van der Waals surface area contributed by atoms with Crippen molar-refractivity contribution >= 4 is 47.9 Å². The number of benzene rings is 6. The first-order valence-corrected chi connectivity index (χ1v) is 15.6. The van der Waals surface area contributed by atoms with Crippen LogP contribution in [0.4, 0.5) is 0 Å². The molecule has 0 unspecified atom stereocenters. The highest BCUT2D eigenvalue weighted by Gasteiger charge is 2.16. The van der Waals surface area contributed by atoms with Gasteiger partial charge in [0.2, 0.25) is 0 Å². The van der Waals surface area contributed by atoms with E-state index in [1.54, 1.807) is 0 Å². The van der Waals surface area contributed by atoms with Crippen LogP contribution < -0.4 is 0 Å². The summed E-state index contributed by atoms with van der Waals surface area (Å²) in [5.74, 6) is 0.831. The van der Waals surface area contributed by atoms with E-state index in [0.29, 0.717) is 0 Å². The van der Waals surface area contributed by atoms with E-state index in [1.165, 1.54) is 42.4 Å². The van der Waals surface area contributed by atoms with Crippen molar-refractivity contribution in [3.05, 3.63) is 152 Å². The van der Waals surface area contributed by atoms with Gasteiger partial charge in [-0.2, -0.15) is 0 Å². The third-order valence-electron chi connectivity index (χ3n) is 8.55. The predicted molar refractivity (Wildman–Crippen MR) is 185 cm³/mol. The van der Waals surface area contributed by atoms with Crippen LogP contribution in [0.25, 0.3) is 81.4 Å². The standard InChI is InChI=1S/C40H25N3S/c1-2-10-26(11-3-1)29-12-8-13-30(24-29)36-25-43-39(41-42-40(43)35-16-5-4-14-32(35)36)28-22-20-27(21-23-28)31-17-9-18-34-33-15-6-7-19-37(33)44-38(31)34/h1-25H. The Kier molecular flexibility index (Phi) is 5.68. The summed E-state index contributed by atoms with van der Waals surface area (Å²) in [5, 5.41) is 14.3. The van der Waals surface area contributed by atoms with Gasteiger partial charge in [-0.1, -0.05) is 133 Å². The third kappa shape index (κ3) is 3.96. The number of thiophene rings is 1. The summed E-state index contributed by atoms with van der Waals surface area (Å²) >= 11 is 1.86. The molecule has 0 saturated carbocycles. The van der Waals surface area contributed by atoms with Gasteiger partial charge in [0.05, 0.1) is 0 Å². The fourth-order valence-electron chi connectivity index (χ4n) is 6.41. The summed E-state index contributed by atoms with van der Waals surface area (Å²) in [6, 6.07) is 51.8. The zero-order valence-electron chi connectivity index (χ0n) is 23.7. The average Bonchev–Trinajstić information content (AvgIpc) is 3.70. The Morgan fingerprint density at radius 1 is 0.432 bits per heavy atom. The second kappa shape index (κ2) is 10.0. The Labute approximate surface area is 258 Å². The summed E-state index contributed by atoms with van der Waals surface area (Å²) in [7, 11) is 0. The fourth-order valence-corrected chi connectivity index (χ4v) is 7.64. The molecular weight excluding hydrogens is 555 g/mol. The molecule has 9 aromatic rings. The number of nitrogens with zero attached hydrogens (tertiary/aromatic N) is 3. The molecule has 0 atom stereocenters. The molecule has 6 aromatic carbocycles. The summed E-state index contributed by atoms with van der Waals surface area (Å²) in [4.78, 5) is 0. The van der Waals surface area contributed by atoms with Gasteiger partial charge in [-0.15, -0.1) is 21.5 Å². The van der Waals surface area contributed by atoms with Gasteiger partial charge in [-0.05, 0) is 45.3 Å². The summed E-state index contributed by atoms with van der Waals surface area (Å²) in [5.41, 5.74) is 9.06. The molecule has 0 aliphatic carbocycles. The first kappa shape index (κ1) is 25.0. The van der Waals surface area contributed by atoms with E-state index in [1.807, 2.05) is 11.3 Å². The van der Waals surface area contributed by atoms with E-state index in [2.05, 4.69) is 161 Å². The lowest BCUT2D eigenvalue weighted by Crippen LogP contribution is -1.94. The molecule has 0 radical (unpaired) electrons. The molecule has 3 nitrogen and oxygen atoms in total. The first-order chi connectivity index (χ1) is 21.8. The van der Waals surface area contributed by atoms with Crippen molar-refractivity contribution in [1.82, 2.24) is 14.6 Å². The fraction of sp³-hybridized carbons (Fsp3) is 0. The second-order valence-corrected chi connectivity index (χ2v) is 12.2. The molecule has 9 rings (SSSR count). The lowest BCUT2D eigenvalue weighted by molar-refractivity contribution is 1.11. The minimum atomic E-state index is 0.831. The van der Waals surface area contributed by atoms with Crippen molar-refractivity contribution in [3.8, 4) is 44.8 Å². The molecule has 3 heterocycles. The van der Waals surface area contributed by atoms with Crippen molar-refractivity contribution in [2.24, 2.45) is 0 Å². The molecule has 4 heteroatoms. The van der Waals surface area contributed by atoms with Gasteiger partial charge in [0.25, 0.3) is 0 Å². The van der Waals surface area contributed by atoms with Gasteiger partial charge in [-0.25, -0.2) is 0 Å². The topological polar surface area (TPSA) is 30.2 Å². The molecule has 44 heavy (non-hydrogen) atoms. The number of fused-ring (bicyclic) bond motifs is 6. The summed E-state index contributed by atoms with van der Waals surface area (Å²) < 4.78 is 4.79. The molecule has 0 bridgehead atoms. The molecule has 0 aliphatic heterocycles.